The van der Waals surface area contributed by atoms with Crippen molar-refractivity contribution in [3.05, 3.63) is 322 Å². The molecule has 2 aromatic carbocycles. The standard InChI is InChI=1S/C13H7F2N2.C12H8F2N.2C11H7F2N2.C10H5F2N2.2C6H8N2O2.C6H5NO2.5Ir/c1-8-5-6-17-11(7-8)9-3-4-10(14)13(16-2)12(9)15;1-8-4-5-15-12(6-8)10-3-2-9(13)7-11(10)14;2*1-7-4-5-14-9(6-7)8-2-3-10(12)15-11(8)13;11-9-5-4-7(10(12)14-9)8-3-1-2-6-13-8;2*1-4-3-5(6(9)10)7-8(4)2;8-6(9)5-3-1-2-4-7-5;;;;;/h4-7H,1H3;2,4-7H,1H3;2*3-6H,1H3;1-3,5-6H;2*3H,1-2H3,(H,9,10);1-4H,(H,8,9);;;;;/q5*-1;;;;;;;;. The van der Waals surface area contributed by atoms with Crippen LogP contribution in [0, 0.1) is 137 Å². The molecule has 3 N–H and O–H groups in total. The Morgan fingerprint density at radius 1 is 0.382 bits per heavy atom. The molecule has 20 nitrogen and oxygen atoms in total. The first-order valence-corrected chi connectivity index (χ1v) is 30.0. The van der Waals surface area contributed by atoms with Gasteiger partial charge in [-0.25, -0.2) is 45.7 Å². The number of pyridine rings is 9. The van der Waals surface area contributed by atoms with Crippen molar-refractivity contribution in [3.63, 3.8) is 0 Å². The number of carboxylic acids is 3. The fourth-order valence-electron chi connectivity index (χ4n) is 8.10. The molecular weight excluding hydrogens is 2340 g/mol. The second kappa shape index (κ2) is 48.2. The fraction of sp³-hybridized carbons (Fsp3) is 0.107. The molecule has 0 aliphatic carbocycles. The van der Waals surface area contributed by atoms with Gasteiger partial charge in [-0.05, 0) is 125 Å². The number of hydrogen-bond acceptors (Lipinski definition) is 14. The summed E-state index contributed by atoms with van der Waals surface area (Å²) in [5.74, 6) is -11.4. The van der Waals surface area contributed by atoms with Gasteiger partial charge in [0.15, 0.2) is 17.1 Å². The summed E-state index contributed by atoms with van der Waals surface area (Å²) in [5, 5.41) is 32.7. The number of hydrogen-bond donors (Lipinski definition) is 3. The van der Waals surface area contributed by atoms with E-state index in [1.165, 1.54) is 46.2 Å². The van der Waals surface area contributed by atoms with Crippen molar-refractivity contribution in [3.8, 4) is 56.3 Å². The van der Waals surface area contributed by atoms with E-state index in [2.05, 4.69) is 90.2 Å². The largest absolute Gasteiger partial charge is 0.477 e. The molecule has 0 spiro atoms. The molecule has 0 aliphatic rings. The van der Waals surface area contributed by atoms with Crippen molar-refractivity contribution in [2.75, 3.05) is 0 Å². The van der Waals surface area contributed by atoms with Gasteiger partial charge in [0.25, 0.3) is 0 Å². The molecule has 0 aliphatic heterocycles. The Hall–Kier alpha value is -10.3. The Balaban J connectivity index is 0.000000629. The van der Waals surface area contributed by atoms with E-state index in [0.29, 0.717) is 28.5 Å². The van der Waals surface area contributed by atoms with Gasteiger partial charge in [0, 0.05) is 186 Å². The average molecular weight is 2400 g/mol. The first kappa shape index (κ1) is 97.7. The van der Waals surface area contributed by atoms with Crippen LogP contribution in [0.15, 0.2) is 171 Å². The third kappa shape index (κ3) is 30.6. The number of aryl methyl sites for hydroxylation is 8. The van der Waals surface area contributed by atoms with Crippen molar-refractivity contribution < 1.29 is 174 Å². The van der Waals surface area contributed by atoms with Crippen LogP contribution in [0.3, 0.4) is 0 Å². The molecule has 5 radical (unpaired) electrons. The van der Waals surface area contributed by atoms with Crippen LogP contribution in [-0.4, -0.2) is 97.6 Å². The van der Waals surface area contributed by atoms with E-state index in [-0.39, 0.29) is 145 Å². The van der Waals surface area contributed by atoms with Crippen LogP contribution < -0.4 is 0 Å². The van der Waals surface area contributed by atoms with Gasteiger partial charge in [-0.1, -0.05) is 111 Å². The molecule has 581 valence electrons. The molecule has 110 heavy (non-hydrogen) atoms. The maximum atomic E-state index is 13.8. The summed E-state index contributed by atoms with van der Waals surface area (Å²) < 4.78 is 133. The molecule has 0 fully saturated rings. The van der Waals surface area contributed by atoms with E-state index in [1.807, 2.05) is 33.8 Å². The average Bonchev–Trinajstić information content (AvgIpc) is 1.17. The molecular formula is C75H55F10Ir5N14O6-5. The van der Waals surface area contributed by atoms with Gasteiger partial charge < -0.3 is 40.2 Å². The molecule has 0 saturated heterocycles. The number of carboxylic acid groups (broad SMARTS) is 3. The van der Waals surface area contributed by atoms with E-state index < -0.39 is 82.6 Å². The normalized spacial score (nSPS) is 9.57. The van der Waals surface area contributed by atoms with Crippen molar-refractivity contribution in [1.29, 1.82) is 0 Å². The molecule has 0 unspecified atom stereocenters. The minimum absolute atomic E-state index is 0. The second-order valence-electron chi connectivity index (χ2n) is 21.3. The molecule has 0 amide bonds. The smallest absolute Gasteiger partial charge is 0.356 e. The Bertz CT molecular complexity index is 4900. The van der Waals surface area contributed by atoms with Crippen molar-refractivity contribution >= 4 is 23.6 Å². The zero-order chi connectivity index (χ0) is 77.0. The fourth-order valence-corrected chi connectivity index (χ4v) is 8.10. The summed E-state index contributed by atoms with van der Waals surface area (Å²) in [6.45, 7) is 17.8. The quantitative estimate of drug-likeness (QED) is 0.0725. The summed E-state index contributed by atoms with van der Waals surface area (Å²) in [7, 11) is 3.42. The number of rotatable bonds is 8. The van der Waals surface area contributed by atoms with Crippen LogP contribution in [0.5, 0.6) is 0 Å². The van der Waals surface area contributed by atoms with Crippen LogP contribution in [0.1, 0.15) is 65.1 Å². The minimum atomic E-state index is -0.990. The maximum Gasteiger partial charge on any atom is 0.356 e. The third-order valence-electron chi connectivity index (χ3n) is 13.4. The SMILES string of the molecule is Cc1cc(C(=O)O)nn1C.Cc1cc(C(=O)O)nn1C.Cc1ccnc(-c2[c-]cc(F)cc2F)c1.Cc1ccnc(-c2[c-]cc(F)nc2F)c1.Cc1ccnc(-c2[c-]cc(F)nc2F)c1.Fc1c[c-]c(-c2ccccn2)c(F)n1.O=C(O)c1ccccn1.[C-]#[N+]c1c(F)c[c-]c(-c2cc(C)ccn2)c1F.[Ir].[Ir].[Ir].[Ir].[Ir]. The van der Waals surface area contributed by atoms with Gasteiger partial charge >= 0.3 is 17.9 Å². The molecule has 0 bridgehead atoms. The van der Waals surface area contributed by atoms with Gasteiger partial charge in [-0.2, -0.15) is 10.2 Å². The zero-order valence-corrected chi connectivity index (χ0v) is 69.9. The Kier molecular flexibility index (Phi) is 42.8. The Morgan fingerprint density at radius 3 is 1.01 bits per heavy atom. The predicted molar refractivity (Wildman–Crippen MR) is 362 cm³/mol. The maximum absolute atomic E-state index is 13.8. The first-order chi connectivity index (χ1) is 49.9. The second-order valence-corrected chi connectivity index (χ2v) is 21.3. The Morgan fingerprint density at radius 2 is 0.718 bits per heavy atom. The van der Waals surface area contributed by atoms with Crippen LogP contribution >= 0.6 is 0 Å². The van der Waals surface area contributed by atoms with Gasteiger partial charge in [0.2, 0.25) is 0 Å². The van der Waals surface area contributed by atoms with E-state index in [9.17, 15) is 58.3 Å². The van der Waals surface area contributed by atoms with Crippen LogP contribution in [-0.2, 0) is 115 Å². The van der Waals surface area contributed by atoms with E-state index in [4.69, 9.17) is 21.9 Å². The van der Waals surface area contributed by atoms with Crippen LogP contribution in [0.25, 0.3) is 61.1 Å². The summed E-state index contributed by atoms with van der Waals surface area (Å²) in [4.78, 5) is 66.1. The molecule has 0 saturated carbocycles. The van der Waals surface area contributed by atoms with Gasteiger partial charge in [0.1, 0.15) is 41.4 Å². The summed E-state index contributed by atoms with van der Waals surface area (Å²) >= 11 is 0. The minimum Gasteiger partial charge on any atom is -0.477 e. The van der Waals surface area contributed by atoms with Gasteiger partial charge in [-0.15, -0.1) is 48.0 Å². The molecule has 11 aromatic heterocycles. The summed E-state index contributed by atoms with van der Waals surface area (Å²) in [5.41, 5.74) is 7.54. The first-order valence-electron chi connectivity index (χ1n) is 30.0. The molecule has 35 heteroatoms. The predicted octanol–water partition coefficient (Wildman–Crippen LogP) is 15.7. The van der Waals surface area contributed by atoms with Crippen molar-refractivity contribution in [2.24, 2.45) is 14.1 Å². The number of benzene rings is 2. The van der Waals surface area contributed by atoms with Crippen molar-refractivity contribution in [1.82, 2.24) is 64.4 Å². The van der Waals surface area contributed by atoms with Crippen LogP contribution in [0.4, 0.5) is 49.6 Å². The third-order valence-corrected chi connectivity index (χ3v) is 13.4. The topological polar surface area (TPSA) is 268 Å². The molecule has 0 atom stereocenters. The number of aromatic nitrogens is 13. The number of nitrogens with zero attached hydrogens (tertiary/aromatic N) is 14. The zero-order valence-electron chi connectivity index (χ0n) is 57.9. The van der Waals surface area contributed by atoms with Gasteiger partial charge in [-0.3, -0.25) is 46.7 Å². The molecule has 11 heterocycles. The van der Waals surface area contributed by atoms with Gasteiger partial charge in [0.05, 0.1) is 6.57 Å². The van der Waals surface area contributed by atoms with E-state index >= 15 is 0 Å². The summed E-state index contributed by atoms with van der Waals surface area (Å²) in [6.07, 6.45) is 9.19. The monoisotopic (exact) mass is 2400 g/mol. The summed E-state index contributed by atoms with van der Waals surface area (Å²) in [6, 6.07) is 45.0. The number of aromatic carboxylic acids is 3. The molecule has 13 aromatic rings. The van der Waals surface area contributed by atoms with Crippen LogP contribution in [0.2, 0.25) is 0 Å². The van der Waals surface area contributed by atoms with E-state index in [0.717, 1.165) is 70.0 Å². The van der Waals surface area contributed by atoms with E-state index in [1.54, 1.807) is 119 Å². The van der Waals surface area contributed by atoms with Crippen molar-refractivity contribution in [2.45, 2.75) is 41.5 Å². The molecule has 13 rings (SSSR count). The number of halogens is 10. The Labute approximate surface area is 690 Å². The number of carbonyl (C=O) groups is 3.